The number of aldehydes is 1. The highest BCUT2D eigenvalue weighted by atomic mass is 35.5. The van der Waals surface area contributed by atoms with Crippen molar-refractivity contribution < 1.29 is 27.5 Å². The third kappa shape index (κ3) is 5.95. The molecule has 5 nitrogen and oxygen atoms in total. The first kappa shape index (κ1) is 25.5. The summed E-state index contributed by atoms with van der Waals surface area (Å²) in [6, 6.07) is 4.25. The van der Waals surface area contributed by atoms with Crippen LogP contribution in [0.1, 0.15) is 34.0 Å². The summed E-state index contributed by atoms with van der Waals surface area (Å²) in [5.74, 6) is -0.990. The Morgan fingerprint density at radius 1 is 1.16 bits per heavy atom. The molecule has 0 saturated heterocycles. The van der Waals surface area contributed by atoms with Gasteiger partial charge in [-0.1, -0.05) is 23.2 Å². The number of carbonyl (C=O) groups is 2. The Balaban J connectivity index is 0.000000278. The molecule has 0 radical (unpaired) electrons. The van der Waals surface area contributed by atoms with Gasteiger partial charge in [-0.25, -0.2) is 4.79 Å². The third-order valence-corrected chi connectivity index (χ3v) is 5.03. The van der Waals surface area contributed by atoms with Crippen molar-refractivity contribution in [1.29, 1.82) is 0 Å². The summed E-state index contributed by atoms with van der Waals surface area (Å²) in [6.07, 6.45) is -2.72. The fourth-order valence-electron chi connectivity index (χ4n) is 3.08. The van der Waals surface area contributed by atoms with Crippen molar-refractivity contribution in [2.45, 2.75) is 33.0 Å². The van der Waals surface area contributed by atoms with E-state index in [-0.39, 0.29) is 6.61 Å². The van der Waals surface area contributed by atoms with Crippen LogP contribution in [0.4, 0.5) is 24.5 Å². The van der Waals surface area contributed by atoms with Crippen LogP contribution in [0.2, 0.25) is 10.0 Å². The Morgan fingerprint density at radius 3 is 2.31 bits per heavy atom. The Hall–Kier alpha value is -2.71. The number of nitrogens with two attached hydrogens (primary N) is 1. The van der Waals surface area contributed by atoms with E-state index < -0.39 is 23.8 Å². The molecule has 32 heavy (non-hydrogen) atoms. The summed E-state index contributed by atoms with van der Waals surface area (Å²) >= 11 is 11.6. The minimum Gasteiger partial charge on any atom is -0.463 e. The number of anilines is 2. The van der Waals surface area contributed by atoms with Crippen molar-refractivity contribution in [2.24, 2.45) is 0 Å². The van der Waals surface area contributed by atoms with Gasteiger partial charge in [0.05, 0.1) is 12.2 Å². The lowest BCUT2D eigenvalue weighted by atomic mass is 9.95. The molecule has 3 rings (SSSR count). The monoisotopic (exact) mass is 488 g/mol. The minimum atomic E-state index is -4.61. The van der Waals surface area contributed by atoms with Crippen LogP contribution in [0.15, 0.2) is 29.8 Å². The van der Waals surface area contributed by atoms with E-state index in [0.717, 1.165) is 5.56 Å². The maximum atomic E-state index is 13.2. The zero-order chi connectivity index (χ0) is 24.2. The molecule has 2 aromatic carbocycles. The fraction of sp³-hybridized carbons (Fsp3) is 0.273. The quantitative estimate of drug-likeness (QED) is 0.314. The maximum absolute atomic E-state index is 13.2. The number of ether oxygens (including phenoxy) is 1. The van der Waals surface area contributed by atoms with E-state index in [2.05, 4.69) is 5.32 Å². The normalized spacial score (nSPS) is 14.9. The smallest absolute Gasteiger partial charge is 0.413 e. The maximum Gasteiger partial charge on any atom is 0.413 e. The molecule has 1 unspecified atom stereocenters. The van der Waals surface area contributed by atoms with Crippen LogP contribution in [-0.2, 0) is 9.53 Å². The molecule has 0 aliphatic carbocycles. The predicted octanol–water partition coefficient (Wildman–Crippen LogP) is 5.99. The van der Waals surface area contributed by atoms with E-state index >= 15 is 0 Å². The second-order valence-corrected chi connectivity index (χ2v) is 7.84. The lowest BCUT2D eigenvalue weighted by Gasteiger charge is -2.30. The van der Waals surface area contributed by atoms with Gasteiger partial charge in [0.15, 0.2) is 12.3 Å². The minimum absolute atomic E-state index is 0.00216. The molecule has 10 heteroatoms. The van der Waals surface area contributed by atoms with Gasteiger partial charge in [-0.3, -0.25) is 4.79 Å². The Bertz CT molecular complexity index is 1070. The second kappa shape index (κ2) is 10.3. The van der Waals surface area contributed by atoms with Crippen molar-refractivity contribution >= 4 is 52.9 Å². The Labute approximate surface area is 193 Å². The molecule has 0 spiro atoms. The third-order valence-electron chi connectivity index (χ3n) is 4.59. The van der Waals surface area contributed by atoms with Crippen LogP contribution in [0.5, 0.6) is 0 Å². The van der Waals surface area contributed by atoms with Crippen LogP contribution in [0.3, 0.4) is 0 Å². The molecule has 0 saturated carbocycles. The first-order valence-corrected chi connectivity index (χ1v) is 10.2. The van der Waals surface area contributed by atoms with Crippen LogP contribution >= 0.6 is 23.2 Å². The number of esters is 1. The molecular formula is C22H21Cl2F3N2O3. The SMILES string of the molecule is CCOC(=O)C1=Cc2cc(Cl)cc(C)c2NC1C(F)(F)F.Cc1cc(Cl)cc(C=O)c1N. The summed E-state index contributed by atoms with van der Waals surface area (Å²) in [5.41, 5.74) is 8.21. The lowest BCUT2D eigenvalue weighted by molar-refractivity contribution is -0.150. The van der Waals surface area contributed by atoms with Gasteiger partial charge in [-0.15, -0.1) is 0 Å². The highest BCUT2D eigenvalue weighted by Gasteiger charge is 2.46. The molecule has 2 aromatic rings. The van der Waals surface area contributed by atoms with Gasteiger partial charge in [0, 0.05) is 27.0 Å². The molecule has 3 N–H and O–H groups in total. The largest absolute Gasteiger partial charge is 0.463 e. The van der Waals surface area contributed by atoms with Crippen molar-refractivity contribution in [3.63, 3.8) is 0 Å². The van der Waals surface area contributed by atoms with E-state index in [1.54, 1.807) is 25.1 Å². The highest BCUT2D eigenvalue weighted by Crippen LogP contribution is 2.38. The van der Waals surface area contributed by atoms with E-state index in [1.165, 1.54) is 19.1 Å². The van der Waals surface area contributed by atoms with Gasteiger partial charge in [-0.2, -0.15) is 13.2 Å². The first-order valence-electron chi connectivity index (χ1n) is 9.41. The van der Waals surface area contributed by atoms with Crippen LogP contribution < -0.4 is 11.1 Å². The Kier molecular flexibility index (Phi) is 8.20. The first-order chi connectivity index (χ1) is 14.9. The van der Waals surface area contributed by atoms with Crippen LogP contribution in [0, 0.1) is 13.8 Å². The summed E-state index contributed by atoms with van der Waals surface area (Å²) in [4.78, 5) is 22.2. The van der Waals surface area contributed by atoms with Crippen LogP contribution in [-0.4, -0.2) is 31.1 Å². The summed E-state index contributed by atoms with van der Waals surface area (Å²) in [5, 5.41) is 3.30. The summed E-state index contributed by atoms with van der Waals surface area (Å²) < 4.78 is 44.2. The zero-order valence-electron chi connectivity index (χ0n) is 17.4. The van der Waals surface area contributed by atoms with Gasteiger partial charge < -0.3 is 15.8 Å². The zero-order valence-corrected chi connectivity index (χ0v) is 19.0. The van der Waals surface area contributed by atoms with E-state index in [4.69, 9.17) is 33.7 Å². The Morgan fingerprint density at radius 2 is 1.75 bits per heavy atom. The predicted molar refractivity (Wildman–Crippen MR) is 120 cm³/mol. The molecule has 1 atom stereocenters. The van der Waals surface area contributed by atoms with Crippen LogP contribution in [0.25, 0.3) is 6.08 Å². The summed E-state index contributed by atoms with van der Waals surface area (Å²) in [7, 11) is 0. The average Bonchev–Trinajstić information content (AvgIpc) is 2.69. The average molecular weight is 489 g/mol. The van der Waals surface area contributed by atoms with Crippen molar-refractivity contribution in [2.75, 3.05) is 17.7 Å². The molecule has 0 fully saturated rings. The molecule has 0 amide bonds. The van der Waals surface area contributed by atoms with Gasteiger partial charge in [0.2, 0.25) is 0 Å². The lowest BCUT2D eigenvalue weighted by Crippen LogP contribution is -2.42. The van der Waals surface area contributed by atoms with E-state index in [1.807, 2.05) is 6.92 Å². The van der Waals surface area contributed by atoms with Gasteiger partial charge >= 0.3 is 12.1 Å². The van der Waals surface area contributed by atoms with Crippen molar-refractivity contribution in [3.8, 4) is 0 Å². The standard InChI is InChI=1S/C14H13ClF3NO2.C8H8ClNO/c1-3-21-13(20)10-6-8-5-9(15)4-7(2)11(8)19-12(10)14(16,17)18;1-5-2-7(9)3-6(4-11)8(5)10/h4-6,12,19H,3H2,1-2H3;2-4H,10H2,1H3. The number of carbonyl (C=O) groups excluding carboxylic acids is 2. The molecule has 1 aliphatic heterocycles. The van der Waals surface area contributed by atoms with E-state index in [9.17, 15) is 22.8 Å². The van der Waals surface area contributed by atoms with Crippen molar-refractivity contribution in [3.05, 3.63) is 62.1 Å². The molecule has 0 aromatic heterocycles. The second-order valence-electron chi connectivity index (χ2n) is 6.97. The highest BCUT2D eigenvalue weighted by molar-refractivity contribution is 6.31. The van der Waals surface area contributed by atoms with Gasteiger partial charge in [-0.05, 0) is 67.8 Å². The molecule has 172 valence electrons. The fourth-order valence-corrected chi connectivity index (χ4v) is 3.64. The van der Waals surface area contributed by atoms with E-state index in [0.29, 0.717) is 44.4 Å². The number of nitrogens with one attached hydrogen (secondary N) is 1. The number of fused-ring (bicyclic) bond motifs is 1. The topological polar surface area (TPSA) is 81.4 Å². The van der Waals surface area contributed by atoms with Crippen molar-refractivity contribution in [1.82, 2.24) is 0 Å². The number of hydrogen-bond donors (Lipinski definition) is 2. The number of halogens is 5. The molecule has 0 bridgehead atoms. The molecular weight excluding hydrogens is 468 g/mol. The molecule has 1 aliphatic rings. The number of benzene rings is 2. The number of aryl methyl sites for hydroxylation is 2. The van der Waals surface area contributed by atoms with Gasteiger partial charge in [0.1, 0.15) is 0 Å². The summed E-state index contributed by atoms with van der Waals surface area (Å²) in [6.45, 7) is 5.00. The number of hydrogen-bond acceptors (Lipinski definition) is 5. The number of rotatable bonds is 3. The van der Waals surface area contributed by atoms with Gasteiger partial charge in [0.25, 0.3) is 0 Å². The number of alkyl halides is 3. The molecule has 1 heterocycles. The number of nitrogen functional groups attached to an aromatic ring is 1.